The van der Waals surface area contributed by atoms with E-state index in [1.165, 1.54) is 0 Å². The Labute approximate surface area is 89.1 Å². The van der Waals surface area contributed by atoms with Crippen LogP contribution in [0.25, 0.3) is 10.9 Å². The Morgan fingerprint density at radius 1 is 1.43 bits per heavy atom. The van der Waals surface area contributed by atoms with Crippen LogP contribution in [-0.2, 0) is 0 Å². The second kappa shape index (κ2) is 3.20. The number of nitrogen functional groups attached to an aromatic ring is 1. The second-order valence-electron chi connectivity index (χ2n) is 3.09. The van der Waals surface area contributed by atoms with Crippen LogP contribution in [0, 0.1) is 12.7 Å². The minimum absolute atomic E-state index is 0.306. The van der Waals surface area contributed by atoms with Crippen molar-refractivity contribution in [3.63, 3.8) is 0 Å². The van der Waals surface area contributed by atoms with Crippen LogP contribution in [-0.4, -0.2) is 4.98 Å². The van der Waals surface area contributed by atoms with Crippen LogP contribution in [0.1, 0.15) is 5.56 Å². The molecule has 0 saturated carbocycles. The summed E-state index contributed by atoms with van der Waals surface area (Å²) in [5.74, 6) is -0.306. The third kappa shape index (κ3) is 1.26. The highest BCUT2D eigenvalue weighted by molar-refractivity contribution is 9.10. The van der Waals surface area contributed by atoms with Gasteiger partial charge in [-0.2, -0.15) is 0 Å². The van der Waals surface area contributed by atoms with E-state index >= 15 is 0 Å². The van der Waals surface area contributed by atoms with Gasteiger partial charge in [-0.15, -0.1) is 0 Å². The zero-order valence-corrected chi connectivity index (χ0v) is 9.10. The maximum Gasteiger partial charge on any atom is 0.147 e. The van der Waals surface area contributed by atoms with Gasteiger partial charge in [-0.05, 0) is 40.5 Å². The van der Waals surface area contributed by atoms with Crippen LogP contribution in [0.5, 0.6) is 0 Å². The van der Waals surface area contributed by atoms with Crippen molar-refractivity contribution in [3.8, 4) is 0 Å². The van der Waals surface area contributed by atoms with Gasteiger partial charge in [0.1, 0.15) is 5.82 Å². The summed E-state index contributed by atoms with van der Waals surface area (Å²) in [6, 6.07) is 3.40. The van der Waals surface area contributed by atoms with Gasteiger partial charge in [-0.25, -0.2) is 4.39 Å². The van der Waals surface area contributed by atoms with E-state index in [0.717, 1.165) is 5.56 Å². The molecule has 2 N–H and O–H groups in total. The first-order chi connectivity index (χ1) is 6.61. The van der Waals surface area contributed by atoms with E-state index in [4.69, 9.17) is 5.73 Å². The average Bonchev–Trinajstić information content (AvgIpc) is 2.17. The van der Waals surface area contributed by atoms with E-state index in [0.29, 0.717) is 21.1 Å². The zero-order chi connectivity index (χ0) is 10.3. The Morgan fingerprint density at radius 2 is 2.14 bits per heavy atom. The summed E-state index contributed by atoms with van der Waals surface area (Å²) in [5.41, 5.74) is 7.52. The van der Waals surface area contributed by atoms with Crippen LogP contribution < -0.4 is 5.73 Å². The van der Waals surface area contributed by atoms with Gasteiger partial charge in [-0.3, -0.25) is 4.98 Å². The fourth-order valence-corrected chi connectivity index (χ4v) is 1.72. The van der Waals surface area contributed by atoms with Crippen molar-refractivity contribution in [1.82, 2.24) is 4.98 Å². The second-order valence-corrected chi connectivity index (χ2v) is 3.95. The van der Waals surface area contributed by atoms with Crippen LogP contribution in [0.4, 0.5) is 10.1 Å². The Bertz CT molecular complexity index is 468. The number of aryl methyl sites for hydroxylation is 1. The summed E-state index contributed by atoms with van der Waals surface area (Å²) in [6.07, 6.45) is 1.55. The number of nitrogens with zero attached hydrogens (tertiary/aromatic N) is 1. The van der Waals surface area contributed by atoms with Crippen molar-refractivity contribution in [2.75, 3.05) is 5.73 Å². The molecule has 14 heavy (non-hydrogen) atoms. The predicted octanol–water partition coefficient (Wildman–Crippen LogP) is 3.03. The van der Waals surface area contributed by atoms with Gasteiger partial charge < -0.3 is 5.73 Å². The molecule has 1 aromatic carbocycles. The molecular formula is C10H8BrFN2. The number of hydrogen-bond donors (Lipinski definition) is 1. The van der Waals surface area contributed by atoms with Crippen molar-refractivity contribution in [1.29, 1.82) is 0 Å². The number of halogens is 2. The number of fused-ring (bicyclic) bond motifs is 1. The summed E-state index contributed by atoms with van der Waals surface area (Å²) in [6.45, 7) is 1.79. The Kier molecular flexibility index (Phi) is 2.15. The van der Waals surface area contributed by atoms with Gasteiger partial charge in [0.2, 0.25) is 0 Å². The number of anilines is 1. The lowest BCUT2D eigenvalue weighted by Crippen LogP contribution is -1.95. The van der Waals surface area contributed by atoms with Gasteiger partial charge >= 0.3 is 0 Å². The smallest absolute Gasteiger partial charge is 0.147 e. The van der Waals surface area contributed by atoms with Gasteiger partial charge in [0.25, 0.3) is 0 Å². The molecule has 1 aromatic heterocycles. The first-order valence-electron chi connectivity index (χ1n) is 4.10. The van der Waals surface area contributed by atoms with E-state index < -0.39 is 0 Å². The number of benzene rings is 1. The molecule has 2 rings (SSSR count). The maximum atomic E-state index is 13.7. The first-order valence-corrected chi connectivity index (χ1v) is 4.89. The summed E-state index contributed by atoms with van der Waals surface area (Å²) in [7, 11) is 0. The first kappa shape index (κ1) is 9.40. The third-order valence-corrected chi connectivity index (χ3v) is 2.84. The van der Waals surface area contributed by atoms with E-state index in [9.17, 15) is 4.39 Å². The highest BCUT2D eigenvalue weighted by Crippen LogP contribution is 2.28. The molecule has 0 saturated heterocycles. The molecule has 0 aliphatic rings. The zero-order valence-electron chi connectivity index (χ0n) is 7.51. The minimum atomic E-state index is -0.306. The molecule has 0 radical (unpaired) electrons. The molecule has 2 aromatic rings. The molecule has 0 unspecified atom stereocenters. The molecule has 0 spiro atoms. The monoisotopic (exact) mass is 254 g/mol. The highest BCUT2D eigenvalue weighted by Gasteiger charge is 2.10. The SMILES string of the molecule is Cc1c(N)cnc2ccc(Br)c(F)c12. The molecule has 0 amide bonds. The number of hydrogen-bond acceptors (Lipinski definition) is 2. The molecule has 4 heteroatoms. The lowest BCUT2D eigenvalue weighted by molar-refractivity contribution is 0.632. The minimum Gasteiger partial charge on any atom is -0.397 e. The van der Waals surface area contributed by atoms with E-state index in [1.807, 2.05) is 0 Å². The summed E-state index contributed by atoms with van der Waals surface area (Å²) >= 11 is 3.13. The number of aromatic nitrogens is 1. The Balaban J connectivity index is 2.98. The van der Waals surface area contributed by atoms with Gasteiger partial charge in [0, 0.05) is 5.39 Å². The molecule has 0 atom stereocenters. The number of nitrogens with two attached hydrogens (primary N) is 1. The Morgan fingerprint density at radius 3 is 2.86 bits per heavy atom. The average molecular weight is 255 g/mol. The van der Waals surface area contributed by atoms with Crippen molar-refractivity contribution >= 4 is 32.5 Å². The van der Waals surface area contributed by atoms with E-state index in [-0.39, 0.29) is 5.82 Å². The lowest BCUT2D eigenvalue weighted by Gasteiger charge is -2.06. The van der Waals surface area contributed by atoms with E-state index in [1.54, 1.807) is 25.3 Å². The standard InChI is InChI=1S/C10H8BrFN2/c1-5-7(13)4-14-8-3-2-6(11)10(12)9(5)8/h2-4H,13H2,1H3. The Hall–Kier alpha value is -1.16. The van der Waals surface area contributed by atoms with Gasteiger partial charge in [-0.1, -0.05) is 0 Å². The quantitative estimate of drug-likeness (QED) is 0.785. The van der Waals surface area contributed by atoms with E-state index in [2.05, 4.69) is 20.9 Å². The molecular weight excluding hydrogens is 247 g/mol. The van der Waals surface area contributed by atoms with Gasteiger partial charge in [0.15, 0.2) is 0 Å². The third-order valence-electron chi connectivity index (χ3n) is 2.22. The summed E-state index contributed by atoms with van der Waals surface area (Å²) in [5, 5.41) is 0.486. The van der Waals surface area contributed by atoms with Crippen molar-refractivity contribution in [2.45, 2.75) is 6.92 Å². The number of pyridine rings is 1. The fourth-order valence-electron chi connectivity index (χ4n) is 1.39. The molecule has 2 nitrogen and oxygen atoms in total. The van der Waals surface area contributed by atoms with Crippen molar-refractivity contribution in [2.24, 2.45) is 0 Å². The lowest BCUT2D eigenvalue weighted by atomic mass is 10.1. The summed E-state index contributed by atoms with van der Waals surface area (Å²) < 4.78 is 14.1. The normalized spacial score (nSPS) is 10.8. The van der Waals surface area contributed by atoms with Gasteiger partial charge in [0.05, 0.1) is 21.9 Å². The molecule has 0 bridgehead atoms. The molecule has 0 aliphatic carbocycles. The summed E-state index contributed by atoms with van der Waals surface area (Å²) in [4.78, 5) is 4.06. The fraction of sp³-hybridized carbons (Fsp3) is 0.100. The molecule has 1 heterocycles. The largest absolute Gasteiger partial charge is 0.397 e. The maximum absolute atomic E-state index is 13.7. The highest BCUT2D eigenvalue weighted by atomic mass is 79.9. The van der Waals surface area contributed by atoms with Crippen LogP contribution in [0.3, 0.4) is 0 Å². The van der Waals surface area contributed by atoms with Crippen molar-refractivity contribution < 1.29 is 4.39 Å². The van der Waals surface area contributed by atoms with Crippen LogP contribution in [0.2, 0.25) is 0 Å². The topological polar surface area (TPSA) is 38.9 Å². The van der Waals surface area contributed by atoms with Crippen LogP contribution >= 0.6 is 15.9 Å². The molecule has 72 valence electrons. The number of rotatable bonds is 0. The van der Waals surface area contributed by atoms with Crippen LogP contribution in [0.15, 0.2) is 22.8 Å². The predicted molar refractivity (Wildman–Crippen MR) is 58.6 cm³/mol. The molecule has 0 fully saturated rings. The molecule has 0 aliphatic heterocycles. The van der Waals surface area contributed by atoms with Crippen molar-refractivity contribution in [3.05, 3.63) is 34.2 Å².